The number of aryl methyl sites for hydroxylation is 1. The van der Waals surface area contributed by atoms with Gasteiger partial charge in [0.1, 0.15) is 5.69 Å². The third kappa shape index (κ3) is 3.68. The van der Waals surface area contributed by atoms with Crippen LogP contribution in [0.15, 0.2) is 30.3 Å². The SMILES string of the molecule is Cc1cc(C(F)(F)Cl)n2nc(C(=O)Nc3ccc(Cl)c(Cl)c3)cc2n1. The molecule has 0 aliphatic rings. The predicted octanol–water partition coefficient (Wildman–Crippen LogP) is 4.88. The van der Waals surface area contributed by atoms with E-state index < -0.39 is 17.0 Å². The number of carbonyl (C=O) groups excluding carboxylic acids is 1. The number of carbonyl (C=O) groups is 1. The number of nitrogens with zero attached hydrogens (tertiary/aromatic N) is 3. The lowest BCUT2D eigenvalue weighted by molar-refractivity contribution is 0.0868. The van der Waals surface area contributed by atoms with Gasteiger partial charge in [0.15, 0.2) is 11.3 Å². The zero-order chi connectivity index (χ0) is 18.4. The molecule has 1 N–H and O–H groups in total. The minimum Gasteiger partial charge on any atom is -0.321 e. The van der Waals surface area contributed by atoms with Gasteiger partial charge in [0, 0.05) is 17.4 Å². The highest BCUT2D eigenvalue weighted by atomic mass is 35.5. The molecule has 0 radical (unpaired) electrons. The number of rotatable bonds is 3. The molecular formula is C15H9Cl3F2N4O. The predicted molar refractivity (Wildman–Crippen MR) is 91.9 cm³/mol. The summed E-state index contributed by atoms with van der Waals surface area (Å²) in [6, 6.07) is 6.90. The van der Waals surface area contributed by atoms with Crippen molar-refractivity contribution in [3.63, 3.8) is 0 Å². The highest BCUT2D eigenvalue weighted by molar-refractivity contribution is 6.42. The van der Waals surface area contributed by atoms with Crippen LogP contribution in [0.2, 0.25) is 10.0 Å². The number of hydrogen-bond donors (Lipinski definition) is 1. The van der Waals surface area contributed by atoms with E-state index in [1.54, 1.807) is 6.07 Å². The van der Waals surface area contributed by atoms with Crippen molar-refractivity contribution in [2.45, 2.75) is 12.3 Å². The van der Waals surface area contributed by atoms with Gasteiger partial charge in [-0.25, -0.2) is 9.50 Å². The lowest BCUT2D eigenvalue weighted by atomic mass is 10.3. The van der Waals surface area contributed by atoms with Crippen LogP contribution < -0.4 is 5.32 Å². The fraction of sp³-hybridized carbons (Fsp3) is 0.133. The van der Waals surface area contributed by atoms with Gasteiger partial charge in [0.2, 0.25) is 0 Å². The van der Waals surface area contributed by atoms with Crippen LogP contribution in [0, 0.1) is 6.92 Å². The normalized spacial score (nSPS) is 11.8. The van der Waals surface area contributed by atoms with Gasteiger partial charge in [0.05, 0.1) is 10.0 Å². The summed E-state index contributed by atoms with van der Waals surface area (Å²) in [5, 5.41) is 3.37. The smallest absolute Gasteiger partial charge is 0.321 e. The number of alkyl halides is 3. The van der Waals surface area contributed by atoms with E-state index in [9.17, 15) is 13.6 Å². The van der Waals surface area contributed by atoms with Gasteiger partial charge in [-0.05, 0) is 42.8 Å². The van der Waals surface area contributed by atoms with Gasteiger partial charge < -0.3 is 5.32 Å². The maximum Gasteiger partial charge on any atom is 0.364 e. The monoisotopic (exact) mass is 404 g/mol. The van der Waals surface area contributed by atoms with E-state index in [0.717, 1.165) is 10.6 Å². The minimum absolute atomic E-state index is 0.0783. The molecule has 25 heavy (non-hydrogen) atoms. The van der Waals surface area contributed by atoms with Crippen molar-refractivity contribution in [3.8, 4) is 0 Å². The van der Waals surface area contributed by atoms with Gasteiger partial charge >= 0.3 is 5.38 Å². The first-order valence-corrected chi connectivity index (χ1v) is 7.99. The van der Waals surface area contributed by atoms with Crippen LogP contribution in [-0.4, -0.2) is 20.5 Å². The molecule has 2 aromatic heterocycles. The van der Waals surface area contributed by atoms with Crippen LogP contribution in [0.4, 0.5) is 14.5 Å². The Morgan fingerprint density at radius 2 is 1.92 bits per heavy atom. The largest absolute Gasteiger partial charge is 0.364 e. The number of fused-ring (bicyclic) bond motifs is 1. The quantitative estimate of drug-likeness (QED) is 0.632. The van der Waals surface area contributed by atoms with E-state index in [1.165, 1.54) is 25.1 Å². The van der Waals surface area contributed by atoms with Crippen LogP contribution in [0.25, 0.3) is 5.65 Å². The number of hydrogen-bond acceptors (Lipinski definition) is 3. The summed E-state index contributed by atoms with van der Waals surface area (Å²) in [6.07, 6.45) is 0. The first-order valence-electron chi connectivity index (χ1n) is 6.86. The molecule has 0 atom stereocenters. The molecule has 0 unspecified atom stereocenters. The van der Waals surface area contributed by atoms with Crippen molar-refractivity contribution < 1.29 is 13.6 Å². The molecule has 0 bridgehead atoms. The van der Waals surface area contributed by atoms with Crippen LogP contribution in [0.5, 0.6) is 0 Å². The summed E-state index contributed by atoms with van der Waals surface area (Å²) in [6.45, 7) is 1.54. The Labute approximate surface area is 155 Å². The molecule has 3 aromatic rings. The first-order chi connectivity index (χ1) is 11.6. The van der Waals surface area contributed by atoms with Crippen LogP contribution in [0.3, 0.4) is 0 Å². The van der Waals surface area contributed by atoms with E-state index in [0.29, 0.717) is 16.4 Å². The van der Waals surface area contributed by atoms with Crippen LogP contribution >= 0.6 is 34.8 Å². The second-order valence-electron chi connectivity index (χ2n) is 5.16. The summed E-state index contributed by atoms with van der Waals surface area (Å²) in [5.74, 6) is -0.620. The Bertz CT molecular complexity index is 985. The first kappa shape index (κ1) is 17.8. The van der Waals surface area contributed by atoms with Crippen molar-refractivity contribution in [1.29, 1.82) is 0 Å². The Balaban J connectivity index is 1.98. The summed E-state index contributed by atoms with van der Waals surface area (Å²) in [4.78, 5) is 16.4. The number of aromatic nitrogens is 3. The van der Waals surface area contributed by atoms with E-state index in [4.69, 9.17) is 34.8 Å². The Kier molecular flexibility index (Phi) is 4.57. The van der Waals surface area contributed by atoms with Crippen molar-refractivity contribution in [3.05, 3.63) is 57.5 Å². The molecular weight excluding hydrogens is 397 g/mol. The fourth-order valence-electron chi connectivity index (χ4n) is 2.18. The number of halogens is 5. The van der Waals surface area contributed by atoms with Crippen LogP contribution in [-0.2, 0) is 5.38 Å². The topological polar surface area (TPSA) is 59.3 Å². The molecule has 0 aliphatic carbocycles. The van der Waals surface area contributed by atoms with Gasteiger partial charge in [-0.3, -0.25) is 4.79 Å². The molecule has 0 saturated carbocycles. The second kappa shape index (κ2) is 6.40. The van der Waals surface area contributed by atoms with Crippen molar-refractivity contribution >= 4 is 52.0 Å². The summed E-state index contributed by atoms with van der Waals surface area (Å²) < 4.78 is 27.9. The standard InChI is InChI=1S/C15H9Cl3F2N4O/c1-7-4-12(15(18,19)20)24-13(21-7)6-11(23-24)14(25)22-8-2-3-9(16)10(17)5-8/h2-6H,1H3,(H,22,25). The molecule has 0 spiro atoms. The third-order valence-corrected chi connectivity index (χ3v) is 4.19. The summed E-state index contributed by atoms with van der Waals surface area (Å²) >= 11 is 16.8. The fourth-order valence-corrected chi connectivity index (χ4v) is 2.61. The maximum atomic E-state index is 13.6. The Morgan fingerprint density at radius 3 is 2.56 bits per heavy atom. The Hall–Kier alpha value is -1.96. The summed E-state index contributed by atoms with van der Waals surface area (Å²) in [7, 11) is 0. The molecule has 10 heteroatoms. The van der Waals surface area contributed by atoms with Gasteiger partial charge in [-0.15, -0.1) is 0 Å². The van der Waals surface area contributed by atoms with E-state index in [-0.39, 0.29) is 16.4 Å². The second-order valence-corrected chi connectivity index (χ2v) is 6.45. The molecule has 0 saturated heterocycles. The van der Waals surface area contributed by atoms with Gasteiger partial charge in [0.25, 0.3) is 5.91 Å². The molecule has 1 aromatic carbocycles. The number of benzene rings is 1. The van der Waals surface area contributed by atoms with Gasteiger partial charge in [-0.1, -0.05) is 23.2 Å². The number of amides is 1. The van der Waals surface area contributed by atoms with Crippen molar-refractivity contribution in [2.75, 3.05) is 5.32 Å². The zero-order valence-corrected chi connectivity index (χ0v) is 14.8. The molecule has 0 fully saturated rings. The molecule has 2 heterocycles. The maximum absolute atomic E-state index is 13.6. The molecule has 5 nitrogen and oxygen atoms in total. The molecule has 130 valence electrons. The van der Waals surface area contributed by atoms with Crippen LogP contribution in [0.1, 0.15) is 21.9 Å². The number of nitrogens with one attached hydrogen (secondary N) is 1. The highest BCUT2D eigenvalue weighted by Gasteiger charge is 2.32. The molecule has 0 aliphatic heterocycles. The average Bonchev–Trinajstić information content (AvgIpc) is 2.93. The highest BCUT2D eigenvalue weighted by Crippen LogP contribution is 2.32. The van der Waals surface area contributed by atoms with E-state index >= 15 is 0 Å². The van der Waals surface area contributed by atoms with Gasteiger partial charge in [-0.2, -0.15) is 13.9 Å². The Morgan fingerprint density at radius 1 is 1.20 bits per heavy atom. The van der Waals surface area contributed by atoms with Crippen molar-refractivity contribution in [2.24, 2.45) is 0 Å². The number of anilines is 1. The van der Waals surface area contributed by atoms with E-state index in [2.05, 4.69) is 15.4 Å². The molecule has 3 rings (SSSR count). The summed E-state index contributed by atoms with van der Waals surface area (Å²) in [5.41, 5.74) is 0.0915. The molecule has 1 amide bonds. The third-order valence-electron chi connectivity index (χ3n) is 3.26. The minimum atomic E-state index is -3.66. The lowest BCUT2D eigenvalue weighted by Crippen LogP contribution is -2.15. The van der Waals surface area contributed by atoms with E-state index in [1.807, 2.05) is 0 Å². The zero-order valence-electron chi connectivity index (χ0n) is 12.5. The van der Waals surface area contributed by atoms with Crippen molar-refractivity contribution in [1.82, 2.24) is 14.6 Å². The lowest BCUT2D eigenvalue weighted by Gasteiger charge is -2.10. The average molecular weight is 406 g/mol.